The van der Waals surface area contributed by atoms with Crippen LogP contribution in [-0.4, -0.2) is 139 Å². The standard InChI is InChI=1S/C44H76N6O7/c1-25-33-21-30(44(33,3)4)22-34(25)46-42(54)39-38(26(2)52)36(24-51)57-50(39)23-27-12-10-13-32(40(27)56-7)28-18-29(20-31(19-28)48(5)6)43(55)49-17-11-14-35(49)41(53)47-37-15-8-9-16-45-37/h25-40,45,51-52H,8-24H2,1-7H3,(H,46,54)(H,47,53)/t25-,26-,27?,28?,29?,30+,31?,32?,33-,34-,35?,36-,37?,38+,39-,40?/m0/s1. The number of carbonyl (C=O) groups is 3. The second kappa shape index (κ2) is 18.0. The van der Waals surface area contributed by atoms with Gasteiger partial charge in [-0.2, -0.15) is 5.06 Å². The van der Waals surface area contributed by atoms with Gasteiger partial charge in [0.05, 0.1) is 25.0 Å². The Labute approximate surface area is 342 Å². The number of aliphatic hydroxyl groups excluding tert-OH is 2. The Bertz CT molecular complexity index is 1410. The Morgan fingerprint density at radius 2 is 1.77 bits per heavy atom. The fraction of sp³-hybridized carbons (Fsp3) is 0.932. The lowest BCUT2D eigenvalue weighted by atomic mass is 9.45. The van der Waals surface area contributed by atoms with Crippen LogP contribution in [0.15, 0.2) is 0 Å². The highest BCUT2D eigenvalue weighted by Crippen LogP contribution is 2.61. The van der Waals surface area contributed by atoms with E-state index in [1.807, 2.05) is 4.90 Å². The largest absolute Gasteiger partial charge is 0.394 e. The third kappa shape index (κ3) is 8.69. The summed E-state index contributed by atoms with van der Waals surface area (Å²) < 4.78 is 6.44. The molecule has 2 bridgehead atoms. The average molecular weight is 801 g/mol. The van der Waals surface area contributed by atoms with E-state index in [2.05, 4.69) is 55.7 Å². The molecule has 324 valence electrons. The maximum atomic E-state index is 14.5. The van der Waals surface area contributed by atoms with E-state index in [1.54, 1.807) is 19.1 Å². The first-order chi connectivity index (χ1) is 27.2. The number of ether oxygens (including phenoxy) is 1. The summed E-state index contributed by atoms with van der Waals surface area (Å²) in [7, 11) is 6.01. The van der Waals surface area contributed by atoms with Crippen LogP contribution in [0.3, 0.4) is 0 Å². The fourth-order valence-corrected chi connectivity index (χ4v) is 13.2. The molecule has 13 nitrogen and oxygen atoms in total. The fourth-order valence-electron chi connectivity index (χ4n) is 13.2. The first-order valence-electron chi connectivity index (χ1n) is 22.8. The van der Waals surface area contributed by atoms with Crippen LogP contribution in [0.5, 0.6) is 0 Å². The number of methoxy groups -OCH3 is 1. The highest BCUT2D eigenvalue weighted by Gasteiger charge is 2.58. The minimum atomic E-state index is -0.846. The van der Waals surface area contributed by atoms with Gasteiger partial charge in [0, 0.05) is 50.0 Å². The van der Waals surface area contributed by atoms with Crippen molar-refractivity contribution in [1.82, 2.24) is 30.8 Å². The maximum absolute atomic E-state index is 14.5. The first kappa shape index (κ1) is 43.2. The van der Waals surface area contributed by atoms with Gasteiger partial charge < -0.3 is 35.4 Å². The quantitative estimate of drug-likeness (QED) is 0.199. The Balaban J connectivity index is 1.05. The van der Waals surface area contributed by atoms with Crippen molar-refractivity contribution in [1.29, 1.82) is 0 Å². The molecular weight excluding hydrogens is 725 g/mol. The maximum Gasteiger partial charge on any atom is 0.244 e. The first-order valence-corrected chi connectivity index (χ1v) is 22.8. The van der Waals surface area contributed by atoms with Crippen molar-refractivity contribution in [3.63, 3.8) is 0 Å². The van der Waals surface area contributed by atoms with Gasteiger partial charge in [-0.15, -0.1) is 0 Å². The number of nitrogens with one attached hydrogen (secondary N) is 3. The van der Waals surface area contributed by atoms with E-state index in [4.69, 9.17) is 9.57 Å². The summed E-state index contributed by atoms with van der Waals surface area (Å²) in [6, 6.07) is -0.825. The molecule has 13 heteroatoms. The summed E-state index contributed by atoms with van der Waals surface area (Å²) in [6.07, 6.45) is 10.7. The van der Waals surface area contributed by atoms with Crippen molar-refractivity contribution in [2.45, 2.75) is 160 Å². The van der Waals surface area contributed by atoms with Gasteiger partial charge in [-0.3, -0.25) is 24.5 Å². The summed E-state index contributed by atoms with van der Waals surface area (Å²) in [5.74, 6) is 1.31. The number of nitrogens with zero attached hydrogens (tertiary/aromatic N) is 3. The summed E-state index contributed by atoms with van der Waals surface area (Å²) in [6.45, 7) is 10.4. The van der Waals surface area contributed by atoms with Crippen LogP contribution in [-0.2, 0) is 24.0 Å². The van der Waals surface area contributed by atoms with Crippen molar-refractivity contribution in [3.05, 3.63) is 0 Å². The smallest absolute Gasteiger partial charge is 0.244 e. The van der Waals surface area contributed by atoms with Crippen molar-refractivity contribution < 1.29 is 34.2 Å². The van der Waals surface area contributed by atoms with E-state index in [0.29, 0.717) is 42.7 Å². The van der Waals surface area contributed by atoms with Gasteiger partial charge in [-0.1, -0.05) is 27.2 Å². The molecule has 5 saturated carbocycles. The van der Waals surface area contributed by atoms with Gasteiger partial charge >= 0.3 is 0 Å². The van der Waals surface area contributed by atoms with Crippen LogP contribution in [0.2, 0.25) is 0 Å². The van der Waals surface area contributed by atoms with Crippen molar-refractivity contribution in [3.8, 4) is 0 Å². The monoisotopic (exact) mass is 801 g/mol. The van der Waals surface area contributed by atoms with Gasteiger partial charge in [0.15, 0.2) is 0 Å². The van der Waals surface area contributed by atoms with E-state index in [-0.39, 0.29) is 72.4 Å². The minimum Gasteiger partial charge on any atom is -0.394 e. The molecule has 3 heterocycles. The van der Waals surface area contributed by atoms with E-state index in [1.165, 1.54) is 6.42 Å². The van der Waals surface area contributed by atoms with Gasteiger partial charge in [0.2, 0.25) is 17.7 Å². The molecule has 0 radical (unpaired) electrons. The van der Waals surface area contributed by atoms with Crippen LogP contribution in [0, 0.1) is 52.8 Å². The zero-order valence-corrected chi connectivity index (χ0v) is 36.0. The Morgan fingerprint density at radius 1 is 0.982 bits per heavy atom. The van der Waals surface area contributed by atoms with E-state index in [9.17, 15) is 24.6 Å². The molecule has 5 aliphatic carbocycles. The Morgan fingerprint density at radius 3 is 2.42 bits per heavy atom. The molecule has 0 aromatic carbocycles. The second-order valence-corrected chi connectivity index (χ2v) is 20.3. The van der Waals surface area contributed by atoms with Crippen LogP contribution < -0.4 is 16.0 Å². The summed E-state index contributed by atoms with van der Waals surface area (Å²) in [5.41, 5.74) is 0.303. The number of piperidine rings is 1. The lowest BCUT2D eigenvalue weighted by molar-refractivity contribution is -0.193. The minimum absolute atomic E-state index is 0.0204. The molecule has 16 atom stereocenters. The highest BCUT2D eigenvalue weighted by molar-refractivity contribution is 5.89. The predicted octanol–water partition coefficient (Wildman–Crippen LogP) is 3.13. The third-order valence-electron chi connectivity index (χ3n) is 16.6. The molecular formula is C44H76N6O7. The molecule has 8 rings (SSSR count). The molecule has 0 aromatic rings. The van der Waals surface area contributed by atoms with Crippen LogP contribution in [0.25, 0.3) is 0 Å². The molecule has 8 unspecified atom stereocenters. The molecule has 0 aromatic heterocycles. The number of hydrogen-bond donors (Lipinski definition) is 5. The summed E-state index contributed by atoms with van der Waals surface area (Å²) in [5, 5.41) is 33.3. The van der Waals surface area contributed by atoms with Crippen molar-refractivity contribution in [2.75, 3.05) is 47.4 Å². The number of hydroxylamine groups is 2. The lowest BCUT2D eigenvalue weighted by Crippen LogP contribution is -2.62. The van der Waals surface area contributed by atoms with Gasteiger partial charge in [0.25, 0.3) is 0 Å². The summed E-state index contributed by atoms with van der Waals surface area (Å²) in [4.78, 5) is 53.0. The Hall–Kier alpha value is -1.87. The highest BCUT2D eigenvalue weighted by atomic mass is 16.7. The Kier molecular flexibility index (Phi) is 13.7. The van der Waals surface area contributed by atoms with E-state index < -0.39 is 30.2 Å². The summed E-state index contributed by atoms with van der Waals surface area (Å²) >= 11 is 0. The average Bonchev–Trinajstić information content (AvgIpc) is 3.84. The third-order valence-corrected chi connectivity index (χ3v) is 16.6. The van der Waals surface area contributed by atoms with Crippen LogP contribution in [0.1, 0.15) is 111 Å². The molecule has 5 N–H and O–H groups in total. The molecule has 3 saturated heterocycles. The zero-order chi connectivity index (χ0) is 40.8. The number of amides is 3. The second-order valence-electron chi connectivity index (χ2n) is 20.3. The van der Waals surface area contributed by atoms with Crippen molar-refractivity contribution >= 4 is 17.7 Å². The number of fused-ring (bicyclic) bond motifs is 2. The molecule has 8 fully saturated rings. The van der Waals surface area contributed by atoms with Crippen LogP contribution >= 0.6 is 0 Å². The number of hydrogen-bond acceptors (Lipinski definition) is 10. The molecule has 8 aliphatic rings. The topological polar surface area (TPSA) is 156 Å². The van der Waals surface area contributed by atoms with E-state index >= 15 is 0 Å². The number of rotatable bonds is 12. The molecule has 3 amide bonds. The molecule has 0 spiro atoms. The molecule has 3 aliphatic heterocycles. The zero-order valence-electron chi connectivity index (χ0n) is 36.0. The number of aliphatic hydroxyl groups is 2. The van der Waals surface area contributed by atoms with Gasteiger partial charge in [-0.25, -0.2) is 0 Å². The van der Waals surface area contributed by atoms with Crippen LogP contribution in [0.4, 0.5) is 0 Å². The normalized spacial score (nSPS) is 42.7. The number of carbonyl (C=O) groups excluding carboxylic acids is 3. The number of likely N-dealkylation sites (tertiary alicyclic amines) is 1. The van der Waals surface area contributed by atoms with Crippen molar-refractivity contribution in [2.24, 2.45) is 52.8 Å². The van der Waals surface area contributed by atoms with E-state index in [0.717, 1.165) is 77.2 Å². The predicted molar refractivity (Wildman–Crippen MR) is 217 cm³/mol. The van der Waals surface area contributed by atoms with Gasteiger partial charge in [-0.05, 0) is 140 Å². The SMILES string of the molecule is COC1C(CN2O[C@@H](CO)[C@@H]([C@H](C)O)[C@H]2C(=O)N[C@H]2C[C@H]3C[C@@H]([C@@H]2C)C3(C)C)CCCC1C1CC(C(=O)N2CCCC2C(=O)NC2CCCCN2)CC(N(C)C)C1. The van der Waals surface area contributed by atoms with Gasteiger partial charge in [0.1, 0.15) is 18.2 Å². The molecule has 57 heavy (non-hydrogen) atoms. The lowest BCUT2D eigenvalue weighted by Gasteiger charge is -2.62.